The Balaban J connectivity index is 1.56. The molecule has 3 aromatic carbocycles. The third-order valence-electron chi connectivity index (χ3n) is 5.14. The molecule has 0 fully saturated rings. The number of carbonyl (C=O) groups is 2. The van der Waals surface area contributed by atoms with Crippen molar-refractivity contribution in [1.29, 1.82) is 0 Å². The smallest absolute Gasteiger partial charge is 0.267 e. The second-order valence-corrected chi connectivity index (χ2v) is 8.42. The lowest BCUT2D eigenvalue weighted by atomic mass is 10.0. The van der Waals surface area contributed by atoms with Crippen molar-refractivity contribution in [3.05, 3.63) is 107 Å². The van der Waals surface area contributed by atoms with Crippen LogP contribution in [-0.2, 0) is 11.3 Å². The Kier molecular flexibility index (Phi) is 7.32. The topological polar surface area (TPSA) is 76.0 Å². The first-order valence-electron chi connectivity index (χ1n) is 10.6. The third-order valence-corrected chi connectivity index (χ3v) is 5.63. The van der Waals surface area contributed by atoms with E-state index in [1.165, 1.54) is 0 Å². The molecule has 0 aliphatic carbocycles. The normalized spacial score (nSPS) is 11.4. The predicted octanol–water partition coefficient (Wildman–Crippen LogP) is 4.78. The highest BCUT2D eigenvalue weighted by atomic mass is 79.9. The SMILES string of the molecule is O=C(NCCCn1ccnc1)/C(=C/c1cccc2ccccc12)NC(=O)c1cccc(Br)c1. The number of nitrogens with one attached hydrogen (secondary N) is 2. The Hall–Kier alpha value is -3.71. The number of halogens is 1. The average molecular weight is 503 g/mol. The molecular weight excluding hydrogens is 480 g/mol. The van der Waals surface area contributed by atoms with Gasteiger partial charge in [-0.15, -0.1) is 0 Å². The predicted molar refractivity (Wildman–Crippen MR) is 133 cm³/mol. The summed E-state index contributed by atoms with van der Waals surface area (Å²) in [5.74, 6) is -0.687. The van der Waals surface area contributed by atoms with Gasteiger partial charge < -0.3 is 15.2 Å². The van der Waals surface area contributed by atoms with Gasteiger partial charge in [0.05, 0.1) is 6.33 Å². The van der Waals surface area contributed by atoms with Crippen LogP contribution in [0.5, 0.6) is 0 Å². The first-order chi connectivity index (χ1) is 16.1. The van der Waals surface area contributed by atoms with Gasteiger partial charge in [-0.1, -0.05) is 64.5 Å². The molecule has 2 amide bonds. The van der Waals surface area contributed by atoms with Crippen molar-refractivity contribution < 1.29 is 9.59 Å². The first kappa shape index (κ1) is 22.5. The fourth-order valence-electron chi connectivity index (χ4n) is 3.49. The maximum Gasteiger partial charge on any atom is 0.267 e. The number of fused-ring (bicyclic) bond motifs is 1. The molecule has 0 radical (unpaired) electrons. The van der Waals surface area contributed by atoms with Crippen LogP contribution in [0.1, 0.15) is 22.3 Å². The number of nitrogens with zero attached hydrogens (tertiary/aromatic N) is 2. The zero-order valence-electron chi connectivity index (χ0n) is 17.9. The maximum absolute atomic E-state index is 13.1. The zero-order valence-corrected chi connectivity index (χ0v) is 19.5. The summed E-state index contributed by atoms with van der Waals surface area (Å²) >= 11 is 3.38. The lowest BCUT2D eigenvalue weighted by molar-refractivity contribution is -0.117. The average Bonchev–Trinajstić information content (AvgIpc) is 3.35. The van der Waals surface area contributed by atoms with Crippen molar-refractivity contribution in [2.45, 2.75) is 13.0 Å². The number of aromatic nitrogens is 2. The number of aryl methyl sites for hydroxylation is 1. The van der Waals surface area contributed by atoms with Crippen molar-refractivity contribution in [2.24, 2.45) is 0 Å². The molecule has 0 atom stereocenters. The zero-order chi connectivity index (χ0) is 23.0. The van der Waals surface area contributed by atoms with E-state index in [9.17, 15) is 9.59 Å². The highest BCUT2D eigenvalue weighted by Gasteiger charge is 2.15. The Bertz CT molecular complexity index is 1290. The molecule has 7 heteroatoms. The van der Waals surface area contributed by atoms with Gasteiger partial charge in [-0.05, 0) is 47.0 Å². The minimum Gasteiger partial charge on any atom is -0.351 e. The Morgan fingerprint density at radius 1 is 1.03 bits per heavy atom. The summed E-state index contributed by atoms with van der Waals surface area (Å²) < 4.78 is 2.74. The van der Waals surface area contributed by atoms with Crippen molar-refractivity contribution in [3.63, 3.8) is 0 Å². The monoisotopic (exact) mass is 502 g/mol. The van der Waals surface area contributed by atoms with Crippen LogP contribution in [0.15, 0.2) is 95.6 Å². The Morgan fingerprint density at radius 2 is 1.85 bits per heavy atom. The van der Waals surface area contributed by atoms with E-state index < -0.39 is 0 Å². The number of imidazole rings is 1. The summed E-state index contributed by atoms with van der Waals surface area (Å²) in [7, 11) is 0. The molecule has 1 aromatic heterocycles. The number of benzene rings is 3. The molecule has 0 spiro atoms. The molecule has 4 aromatic rings. The highest BCUT2D eigenvalue weighted by Crippen LogP contribution is 2.21. The van der Waals surface area contributed by atoms with E-state index in [2.05, 4.69) is 31.5 Å². The first-order valence-corrected chi connectivity index (χ1v) is 11.4. The van der Waals surface area contributed by atoms with Gasteiger partial charge in [0.2, 0.25) is 0 Å². The summed E-state index contributed by atoms with van der Waals surface area (Å²) in [6.07, 6.45) is 7.81. The van der Waals surface area contributed by atoms with E-state index in [0.717, 1.165) is 33.8 Å². The summed E-state index contributed by atoms with van der Waals surface area (Å²) in [6, 6.07) is 20.9. The molecule has 0 unspecified atom stereocenters. The molecule has 0 saturated carbocycles. The minimum atomic E-state index is -0.351. The van der Waals surface area contributed by atoms with Crippen LogP contribution in [0.4, 0.5) is 0 Å². The van der Waals surface area contributed by atoms with Crippen LogP contribution >= 0.6 is 15.9 Å². The largest absolute Gasteiger partial charge is 0.351 e. The minimum absolute atomic E-state index is 0.193. The molecule has 2 N–H and O–H groups in total. The second kappa shape index (κ2) is 10.7. The number of rotatable bonds is 8. The summed E-state index contributed by atoms with van der Waals surface area (Å²) in [5.41, 5.74) is 1.51. The van der Waals surface area contributed by atoms with Gasteiger partial charge in [0.15, 0.2) is 0 Å². The standard InChI is InChI=1S/C26H23BrN4O2/c27-22-10-4-9-21(16-22)25(32)30-24(26(33)29-12-5-14-31-15-13-28-18-31)17-20-8-3-7-19-6-1-2-11-23(19)20/h1-4,6-11,13,15-18H,5,12,14H2,(H,29,33)(H,30,32)/b24-17-. The van der Waals surface area contributed by atoms with Crippen LogP contribution in [0.2, 0.25) is 0 Å². The molecule has 4 rings (SSSR count). The van der Waals surface area contributed by atoms with Crippen LogP contribution < -0.4 is 10.6 Å². The molecule has 0 aliphatic rings. The number of amides is 2. The molecule has 1 heterocycles. The quantitative estimate of drug-likeness (QED) is 0.269. The Morgan fingerprint density at radius 3 is 2.67 bits per heavy atom. The second-order valence-electron chi connectivity index (χ2n) is 7.50. The van der Waals surface area contributed by atoms with Crippen molar-refractivity contribution in [1.82, 2.24) is 20.2 Å². The number of carbonyl (C=O) groups excluding carboxylic acids is 2. The van der Waals surface area contributed by atoms with Crippen LogP contribution in [0.3, 0.4) is 0 Å². The van der Waals surface area contributed by atoms with Gasteiger partial charge in [-0.25, -0.2) is 4.98 Å². The molecule has 0 aliphatic heterocycles. The molecule has 33 heavy (non-hydrogen) atoms. The lowest BCUT2D eigenvalue weighted by Gasteiger charge is -2.12. The van der Waals surface area contributed by atoms with Gasteiger partial charge in [0.25, 0.3) is 11.8 Å². The van der Waals surface area contributed by atoms with Crippen LogP contribution in [-0.4, -0.2) is 27.9 Å². The van der Waals surface area contributed by atoms with E-state index in [1.54, 1.807) is 36.8 Å². The Labute approximate surface area is 200 Å². The maximum atomic E-state index is 13.1. The summed E-state index contributed by atoms with van der Waals surface area (Å²) in [5, 5.41) is 7.78. The van der Waals surface area contributed by atoms with Gasteiger partial charge in [0, 0.05) is 35.5 Å². The number of hydrogen-bond acceptors (Lipinski definition) is 3. The number of hydrogen-bond donors (Lipinski definition) is 2. The van der Waals surface area contributed by atoms with Crippen molar-refractivity contribution in [3.8, 4) is 0 Å². The van der Waals surface area contributed by atoms with E-state index in [0.29, 0.717) is 12.1 Å². The summed E-state index contributed by atoms with van der Waals surface area (Å²) in [6.45, 7) is 1.21. The van der Waals surface area contributed by atoms with Crippen LogP contribution in [0.25, 0.3) is 16.8 Å². The fraction of sp³-hybridized carbons (Fsp3) is 0.115. The van der Waals surface area contributed by atoms with Crippen LogP contribution in [0, 0.1) is 0 Å². The third kappa shape index (κ3) is 5.96. The molecule has 6 nitrogen and oxygen atoms in total. The lowest BCUT2D eigenvalue weighted by Crippen LogP contribution is -2.35. The van der Waals surface area contributed by atoms with Gasteiger partial charge in [-0.3, -0.25) is 9.59 Å². The molecule has 0 saturated heterocycles. The molecule has 166 valence electrons. The highest BCUT2D eigenvalue weighted by molar-refractivity contribution is 9.10. The van der Waals surface area contributed by atoms with E-state index in [4.69, 9.17) is 0 Å². The van der Waals surface area contributed by atoms with Crippen molar-refractivity contribution in [2.75, 3.05) is 6.54 Å². The summed E-state index contributed by atoms with van der Waals surface area (Å²) in [4.78, 5) is 30.0. The fourth-order valence-corrected chi connectivity index (χ4v) is 3.89. The van der Waals surface area contributed by atoms with Gasteiger partial charge in [0.1, 0.15) is 5.70 Å². The van der Waals surface area contributed by atoms with Crippen molar-refractivity contribution >= 4 is 44.6 Å². The molecular formula is C26H23BrN4O2. The van der Waals surface area contributed by atoms with Gasteiger partial charge >= 0.3 is 0 Å². The van der Waals surface area contributed by atoms with E-state index >= 15 is 0 Å². The van der Waals surface area contributed by atoms with Gasteiger partial charge in [-0.2, -0.15) is 0 Å². The van der Waals surface area contributed by atoms with E-state index in [1.807, 2.05) is 59.3 Å². The molecule has 0 bridgehead atoms. The van der Waals surface area contributed by atoms with E-state index in [-0.39, 0.29) is 17.5 Å².